The third-order valence-corrected chi connectivity index (χ3v) is 6.47. The molecule has 0 aromatic carbocycles. The fraction of sp³-hybridized carbons (Fsp3) is 0.640. The highest BCUT2D eigenvalue weighted by atomic mass is 32.1. The molecule has 2 amide bonds. The van der Waals surface area contributed by atoms with Gasteiger partial charge in [-0.05, 0) is 67.4 Å². The predicted molar refractivity (Wildman–Crippen MR) is 141 cm³/mol. The van der Waals surface area contributed by atoms with Crippen molar-refractivity contribution in [2.45, 2.75) is 97.3 Å². The molecule has 0 aliphatic carbocycles. The van der Waals surface area contributed by atoms with Crippen LogP contribution in [0.2, 0.25) is 0 Å². The first kappa shape index (κ1) is 30.6. The van der Waals surface area contributed by atoms with Gasteiger partial charge in [0.25, 0.3) is 11.8 Å². The fourth-order valence-electron chi connectivity index (χ4n) is 3.81. The Balaban J connectivity index is 2.56. The Hall–Kier alpha value is -2.60. The minimum atomic E-state index is -4.78. The van der Waals surface area contributed by atoms with Crippen molar-refractivity contribution in [1.29, 1.82) is 0 Å². The lowest BCUT2D eigenvalue weighted by molar-refractivity contribution is -0.138. The van der Waals surface area contributed by atoms with Crippen LogP contribution >= 0.6 is 12.2 Å². The van der Waals surface area contributed by atoms with E-state index >= 15 is 0 Å². The fourth-order valence-corrected chi connectivity index (χ4v) is 4.13. The largest absolute Gasteiger partial charge is 0.417 e. The number of amides is 2. The molecular weight excluding hydrogens is 507 g/mol. The van der Waals surface area contributed by atoms with Crippen molar-refractivity contribution in [1.82, 2.24) is 15.2 Å². The molecule has 1 aliphatic rings. The van der Waals surface area contributed by atoms with Gasteiger partial charge in [0.2, 0.25) is 0 Å². The van der Waals surface area contributed by atoms with Crippen molar-refractivity contribution in [3.8, 4) is 0 Å². The quantitative estimate of drug-likeness (QED) is 0.262. The van der Waals surface area contributed by atoms with E-state index in [1.165, 1.54) is 18.7 Å². The van der Waals surface area contributed by atoms with E-state index in [1.54, 1.807) is 27.7 Å². The number of likely N-dealkylation sites (tertiary alicyclic amines) is 1. The molecule has 37 heavy (non-hydrogen) atoms. The number of hydrogen-bond donors (Lipinski definition) is 3. The monoisotopic (exact) mass is 543 g/mol. The van der Waals surface area contributed by atoms with Crippen LogP contribution in [0, 0.1) is 0 Å². The Labute approximate surface area is 221 Å². The zero-order valence-electron chi connectivity index (χ0n) is 22.2. The van der Waals surface area contributed by atoms with Gasteiger partial charge in [-0.2, -0.15) is 13.2 Å². The third kappa shape index (κ3) is 8.19. The van der Waals surface area contributed by atoms with Gasteiger partial charge in [0.15, 0.2) is 6.04 Å². The summed E-state index contributed by atoms with van der Waals surface area (Å²) in [5, 5.41) is 15.1. The van der Waals surface area contributed by atoms with E-state index in [4.69, 9.17) is 12.2 Å². The van der Waals surface area contributed by atoms with Crippen molar-refractivity contribution >= 4 is 40.4 Å². The second-order valence-electron chi connectivity index (χ2n) is 10.5. The zero-order chi connectivity index (χ0) is 28.3. The summed E-state index contributed by atoms with van der Waals surface area (Å²) in [6, 6.07) is -1.43. The molecule has 0 saturated carbocycles. The summed E-state index contributed by atoms with van der Waals surface area (Å²) >= 11 is 5.45. The van der Waals surface area contributed by atoms with Crippen LogP contribution in [-0.4, -0.2) is 73.7 Å². The molecule has 4 atom stereocenters. The van der Waals surface area contributed by atoms with E-state index < -0.39 is 52.8 Å². The Morgan fingerprint density at radius 1 is 1.27 bits per heavy atom. The molecule has 3 N–H and O–H groups in total. The van der Waals surface area contributed by atoms with Crippen LogP contribution in [0.4, 0.5) is 19.0 Å². The number of thiocarbonyl (C=S) groups is 1. The maximum absolute atomic E-state index is 14.1. The van der Waals surface area contributed by atoms with Gasteiger partial charge >= 0.3 is 6.18 Å². The molecule has 8 nitrogen and oxygen atoms in total. The lowest BCUT2D eigenvalue weighted by atomic mass is 10.00. The van der Waals surface area contributed by atoms with Gasteiger partial charge in [-0.25, -0.2) is 4.98 Å². The van der Waals surface area contributed by atoms with Crippen molar-refractivity contribution in [2.75, 3.05) is 11.9 Å². The number of nitrogens with zero attached hydrogens (tertiary/aromatic N) is 3. The van der Waals surface area contributed by atoms with Gasteiger partial charge in [0.1, 0.15) is 5.82 Å². The van der Waals surface area contributed by atoms with E-state index in [0.29, 0.717) is 6.54 Å². The van der Waals surface area contributed by atoms with E-state index in [0.717, 1.165) is 25.1 Å². The Bertz CT molecular complexity index is 1050. The summed E-state index contributed by atoms with van der Waals surface area (Å²) in [7, 11) is 0. The highest BCUT2D eigenvalue weighted by molar-refractivity contribution is 7.81. The van der Waals surface area contributed by atoms with Crippen molar-refractivity contribution in [2.24, 2.45) is 4.99 Å². The van der Waals surface area contributed by atoms with Crippen LogP contribution in [0.15, 0.2) is 17.3 Å². The number of nitrogens with one attached hydrogen (secondary N) is 2. The van der Waals surface area contributed by atoms with E-state index in [9.17, 15) is 27.9 Å². The normalized spacial score (nSPS) is 19.3. The number of carbonyl (C=O) groups excluding carboxylic acids is 2. The number of aliphatic hydroxyl groups excluding tert-OH is 1. The lowest BCUT2D eigenvalue weighted by Crippen LogP contribution is -2.46. The topological polar surface area (TPSA) is 107 Å². The first-order valence-electron chi connectivity index (χ1n) is 12.2. The van der Waals surface area contributed by atoms with Gasteiger partial charge < -0.3 is 20.6 Å². The SMILES string of the molecule is C/C(=N\C(C(=O)N1CCC[C@@H]1C)C(=S)c1cnc(NC(C)(C)C)cc1C(F)(F)F)C(=O)N[C@H](C)[C@@H](C)O. The summed E-state index contributed by atoms with van der Waals surface area (Å²) in [5.41, 5.74) is -2.18. The average molecular weight is 544 g/mol. The van der Waals surface area contributed by atoms with E-state index in [-0.39, 0.29) is 22.4 Å². The minimum absolute atomic E-state index is 0.00795. The summed E-state index contributed by atoms with van der Waals surface area (Å²) < 4.78 is 42.4. The number of anilines is 1. The molecule has 1 aliphatic heterocycles. The molecule has 0 spiro atoms. The predicted octanol–water partition coefficient (Wildman–Crippen LogP) is 3.75. The molecule has 0 radical (unpaired) electrons. The number of rotatable bonds is 8. The molecule has 2 rings (SSSR count). The summed E-state index contributed by atoms with van der Waals surface area (Å²) in [5.74, 6) is -1.23. The molecule has 1 fully saturated rings. The number of aromatic nitrogens is 1. The summed E-state index contributed by atoms with van der Waals surface area (Å²) in [6.45, 7) is 12.0. The van der Waals surface area contributed by atoms with Gasteiger partial charge in [-0.3, -0.25) is 14.6 Å². The maximum atomic E-state index is 14.1. The third-order valence-electron chi connectivity index (χ3n) is 6.03. The summed E-state index contributed by atoms with van der Waals surface area (Å²) in [6.07, 6.45) is -3.16. The second kappa shape index (κ2) is 11.8. The van der Waals surface area contributed by atoms with Gasteiger partial charge in [0.05, 0.1) is 28.3 Å². The first-order chi connectivity index (χ1) is 16.9. The molecule has 1 aromatic rings. The number of halogens is 3. The molecule has 2 heterocycles. The van der Waals surface area contributed by atoms with Gasteiger partial charge in [0, 0.05) is 29.9 Å². The number of alkyl halides is 3. The number of carbonyl (C=O) groups is 2. The zero-order valence-corrected chi connectivity index (χ0v) is 23.0. The Kier molecular flexibility index (Phi) is 9.81. The standard InChI is InChI=1S/C25H36F3N5O3S/c1-13-9-8-10-33(13)23(36)20(30-15(3)22(35)31-14(2)16(4)34)21(37)17-12-29-19(32-24(5,6)7)11-18(17)25(26,27)28/h11-14,16,20,34H,8-10H2,1-7H3,(H,29,32)(H,31,35)/b30-15+/t13-,14+,16+,20?/m0/s1. The van der Waals surface area contributed by atoms with Crippen molar-refractivity contribution in [3.63, 3.8) is 0 Å². The van der Waals surface area contributed by atoms with E-state index in [1.807, 2.05) is 6.92 Å². The molecule has 0 bridgehead atoms. The number of pyridine rings is 1. The van der Waals surface area contributed by atoms with Crippen LogP contribution in [0.3, 0.4) is 0 Å². The lowest BCUT2D eigenvalue weighted by Gasteiger charge is -2.27. The van der Waals surface area contributed by atoms with Crippen molar-refractivity contribution < 1.29 is 27.9 Å². The van der Waals surface area contributed by atoms with Crippen LogP contribution in [0.5, 0.6) is 0 Å². The average Bonchev–Trinajstić information content (AvgIpc) is 3.20. The maximum Gasteiger partial charge on any atom is 0.417 e. The highest BCUT2D eigenvalue weighted by Crippen LogP contribution is 2.35. The Morgan fingerprint density at radius 3 is 2.38 bits per heavy atom. The molecule has 12 heteroatoms. The smallest absolute Gasteiger partial charge is 0.391 e. The molecular formula is C25H36F3N5O3S. The number of hydrogen-bond acceptors (Lipinski definition) is 7. The minimum Gasteiger partial charge on any atom is -0.391 e. The van der Waals surface area contributed by atoms with Crippen LogP contribution in [-0.2, 0) is 15.8 Å². The molecule has 1 aromatic heterocycles. The van der Waals surface area contributed by atoms with Crippen LogP contribution < -0.4 is 10.6 Å². The van der Waals surface area contributed by atoms with Crippen molar-refractivity contribution in [3.05, 3.63) is 23.4 Å². The van der Waals surface area contributed by atoms with Gasteiger partial charge in [-0.1, -0.05) is 12.2 Å². The van der Waals surface area contributed by atoms with Gasteiger partial charge in [-0.15, -0.1) is 0 Å². The molecule has 1 saturated heterocycles. The summed E-state index contributed by atoms with van der Waals surface area (Å²) in [4.78, 5) is 35.7. The van der Waals surface area contributed by atoms with E-state index in [2.05, 4.69) is 20.6 Å². The molecule has 1 unspecified atom stereocenters. The van der Waals surface area contributed by atoms with Crippen LogP contribution in [0.25, 0.3) is 0 Å². The highest BCUT2D eigenvalue weighted by Gasteiger charge is 2.40. The number of aliphatic hydroxyl groups is 1. The Morgan fingerprint density at radius 2 is 1.89 bits per heavy atom. The number of aliphatic imine (C=N–C) groups is 1. The molecule has 206 valence electrons. The first-order valence-corrected chi connectivity index (χ1v) is 12.6. The second-order valence-corrected chi connectivity index (χ2v) is 10.9. The van der Waals surface area contributed by atoms with Crippen LogP contribution in [0.1, 0.15) is 72.4 Å².